The Morgan fingerprint density at radius 1 is 1.14 bits per heavy atom. The third-order valence-corrected chi connectivity index (χ3v) is 3.37. The predicted molar refractivity (Wildman–Crippen MR) is 83.8 cm³/mol. The van der Waals surface area contributed by atoms with Gasteiger partial charge in [-0.05, 0) is 35.9 Å². The summed E-state index contributed by atoms with van der Waals surface area (Å²) < 4.78 is 0. The van der Waals surface area contributed by atoms with Crippen LogP contribution in [0.4, 0.5) is 10.5 Å². The van der Waals surface area contributed by atoms with Crippen LogP contribution in [0.15, 0.2) is 54.7 Å². The van der Waals surface area contributed by atoms with Gasteiger partial charge in [-0.15, -0.1) is 0 Å². The van der Waals surface area contributed by atoms with Gasteiger partial charge in [0.2, 0.25) is 0 Å². The Balaban J connectivity index is 2.15. The number of amides is 1. The lowest BCUT2D eigenvalue weighted by atomic mass is 10.0. The number of fused-ring (bicyclic) bond motifs is 1. The minimum absolute atomic E-state index is 0.457. The predicted octanol–water partition coefficient (Wildman–Crippen LogP) is 4.65. The maximum atomic E-state index is 10.9. The normalized spacial score (nSPS) is 10.5. The Labute approximate surface area is 126 Å². The van der Waals surface area contributed by atoms with E-state index in [9.17, 15) is 4.79 Å². The zero-order chi connectivity index (χ0) is 14.8. The van der Waals surface area contributed by atoms with Crippen LogP contribution in [0, 0.1) is 0 Å². The van der Waals surface area contributed by atoms with Crippen LogP contribution in [0.3, 0.4) is 0 Å². The average molecular weight is 299 g/mol. The third-order valence-electron chi connectivity index (χ3n) is 3.14. The molecule has 0 saturated heterocycles. The van der Waals surface area contributed by atoms with Crippen LogP contribution in [0.1, 0.15) is 0 Å². The van der Waals surface area contributed by atoms with Crippen molar-refractivity contribution in [1.82, 2.24) is 4.98 Å². The Hall–Kier alpha value is -2.59. The van der Waals surface area contributed by atoms with Gasteiger partial charge in [-0.3, -0.25) is 10.3 Å². The summed E-state index contributed by atoms with van der Waals surface area (Å²) in [7, 11) is 0. The van der Waals surface area contributed by atoms with Gasteiger partial charge < -0.3 is 5.11 Å². The summed E-state index contributed by atoms with van der Waals surface area (Å²) in [5, 5.41) is 12.8. The van der Waals surface area contributed by atoms with E-state index in [0.29, 0.717) is 10.7 Å². The van der Waals surface area contributed by atoms with Gasteiger partial charge in [0.15, 0.2) is 0 Å². The minimum Gasteiger partial charge on any atom is -0.465 e. The molecule has 1 aromatic heterocycles. The van der Waals surface area contributed by atoms with E-state index in [0.717, 1.165) is 22.0 Å². The molecule has 0 spiro atoms. The Kier molecular flexibility index (Phi) is 3.46. The zero-order valence-corrected chi connectivity index (χ0v) is 11.6. The number of halogens is 1. The highest BCUT2D eigenvalue weighted by Crippen LogP contribution is 2.32. The van der Waals surface area contributed by atoms with E-state index in [4.69, 9.17) is 16.7 Å². The number of nitrogens with one attached hydrogen (secondary N) is 1. The summed E-state index contributed by atoms with van der Waals surface area (Å²) in [5.41, 5.74) is 3.02. The van der Waals surface area contributed by atoms with Crippen LogP contribution in [-0.4, -0.2) is 16.2 Å². The SMILES string of the molecule is O=C(O)Nc1cc(Cl)ccc1-c1ccc2ncccc2c1. The first-order valence-electron chi connectivity index (χ1n) is 6.28. The van der Waals surface area contributed by atoms with Crippen LogP contribution in [-0.2, 0) is 0 Å². The maximum Gasteiger partial charge on any atom is 0.409 e. The zero-order valence-electron chi connectivity index (χ0n) is 10.9. The van der Waals surface area contributed by atoms with Crippen molar-refractivity contribution in [2.24, 2.45) is 0 Å². The van der Waals surface area contributed by atoms with Gasteiger partial charge in [0, 0.05) is 22.2 Å². The highest BCUT2D eigenvalue weighted by molar-refractivity contribution is 6.31. The van der Waals surface area contributed by atoms with E-state index in [-0.39, 0.29) is 0 Å². The van der Waals surface area contributed by atoms with E-state index in [1.165, 1.54) is 0 Å². The number of hydrogen-bond acceptors (Lipinski definition) is 2. The molecule has 0 aliphatic heterocycles. The summed E-state index contributed by atoms with van der Waals surface area (Å²) in [6, 6.07) is 14.7. The highest BCUT2D eigenvalue weighted by Gasteiger charge is 2.09. The maximum absolute atomic E-state index is 10.9. The number of carboxylic acid groups (broad SMARTS) is 1. The van der Waals surface area contributed by atoms with Gasteiger partial charge in [-0.1, -0.05) is 29.8 Å². The van der Waals surface area contributed by atoms with Crippen LogP contribution in [0.2, 0.25) is 5.02 Å². The first kappa shape index (κ1) is 13.4. The second-order valence-electron chi connectivity index (χ2n) is 4.53. The number of carbonyl (C=O) groups is 1. The van der Waals surface area contributed by atoms with E-state index < -0.39 is 6.09 Å². The molecule has 0 aliphatic carbocycles. The van der Waals surface area contributed by atoms with E-state index >= 15 is 0 Å². The molecule has 3 rings (SSSR count). The number of nitrogens with zero attached hydrogens (tertiary/aromatic N) is 1. The number of rotatable bonds is 2. The van der Waals surface area contributed by atoms with Gasteiger partial charge in [0.05, 0.1) is 11.2 Å². The molecule has 104 valence electrons. The Morgan fingerprint density at radius 2 is 2.00 bits per heavy atom. The first-order valence-corrected chi connectivity index (χ1v) is 6.66. The fourth-order valence-corrected chi connectivity index (χ4v) is 2.40. The molecule has 4 nitrogen and oxygen atoms in total. The molecule has 0 fully saturated rings. The Bertz CT molecular complexity index is 833. The van der Waals surface area contributed by atoms with Crippen LogP contribution >= 0.6 is 11.6 Å². The molecule has 0 aliphatic rings. The van der Waals surface area contributed by atoms with E-state index in [1.807, 2.05) is 30.3 Å². The smallest absolute Gasteiger partial charge is 0.409 e. The molecule has 5 heteroatoms. The van der Waals surface area contributed by atoms with E-state index in [2.05, 4.69) is 10.3 Å². The second kappa shape index (κ2) is 5.42. The molecule has 21 heavy (non-hydrogen) atoms. The van der Waals surface area contributed by atoms with Crippen LogP contribution in [0.5, 0.6) is 0 Å². The fraction of sp³-hybridized carbons (Fsp3) is 0. The molecule has 0 atom stereocenters. The van der Waals surface area contributed by atoms with Crippen molar-refractivity contribution in [2.75, 3.05) is 5.32 Å². The van der Waals surface area contributed by atoms with E-state index in [1.54, 1.807) is 24.4 Å². The van der Waals surface area contributed by atoms with Crippen molar-refractivity contribution in [2.45, 2.75) is 0 Å². The molecule has 1 amide bonds. The summed E-state index contributed by atoms with van der Waals surface area (Å²) >= 11 is 5.94. The monoisotopic (exact) mass is 298 g/mol. The van der Waals surface area contributed by atoms with Crippen molar-refractivity contribution in [1.29, 1.82) is 0 Å². The average Bonchev–Trinajstić information content (AvgIpc) is 2.46. The molecule has 3 aromatic rings. The summed E-state index contributed by atoms with van der Waals surface area (Å²) in [6.45, 7) is 0. The number of aromatic nitrogens is 1. The van der Waals surface area contributed by atoms with Gasteiger partial charge in [0.25, 0.3) is 0 Å². The lowest BCUT2D eigenvalue weighted by Gasteiger charge is -2.10. The summed E-state index contributed by atoms with van der Waals surface area (Å²) in [4.78, 5) is 15.2. The third kappa shape index (κ3) is 2.80. The van der Waals surface area contributed by atoms with Gasteiger partial charge in [-0.25, -0.2) is 4.79 Å². The number of hydrogen-bond donors (Lipinski definition) is 2. The van der Waals surface area contributed by atoms with Gasteiger partial charge >= 0.3 is 6.09 Å². The molecule has 2 N–H and O–H groups in total. The Morgan fingerprint density at radius 3 is 2.81 bits per heavy atom. The quantitative estimate of drug-likeness (QED) is 0.724. The van der Waals surface area contributed by atoms with Crippen LogP contribution in [0.25, 0.3) is 22.0 Å². The summed E-state index contributed by atoms with van der Waals surface area (Å²) in [6.07, 6.45) is 0.614. The lowest BCUT2D eigenvalue weighted by Crippen LogP contribution is -2.08. The number of benzene rings is 2. The van der Waals surface area contributed by atoms with Gasteiger partial charge in [-0.2, -0.15) is 0 Å². The highest BCUT2D eigenvalue weighted by atomic mass is 35.5. The molecule has 0 unspecified atom stereocenters. The number of pyridine rings is 1. The lowest BCUT2D eigenvalue weighted by molar-refractivity contribution is 0.210. The van der Waals surface area contributed by atoms with Crippen molar-refractivity contribution in [3.63, 3.8) is 0 Å². The first-order chi connectivity index (χ1) is 10.1. The van der Waals surface area contributed by atoms with Crippen molar-refractivity contribution >= 4 is 34.3 Å². The minimum atomic E-state index is -1.12. The van der Waals surface area contributed by atoms with Crippen molar-refractivity contribution in [3.05, 3.63) is 59.8 Å². The molecule has 0 bridgehead atoms. The molecule has 2 aromatic carbocycles. The number of anilines is 1. The van der Waals surface area contributed by atoms with Crippen LogP contribution < -0.4 is 5.32 Å². The van der Waals surface area contributed by atoms with Gasteiger partial charge in [0.1, 0.15) is 0 Å². The fourth-order valence-electron chi connectivity index (χ4n) is 2.23. The molecular formula is C16H11ClN2O2. The van der Waals surface area contributed by atoms with Crippen molar-refractivity contribution < 1.29 is 9.90 Å². The molecule has 0 saturated carbocycles. The molecule has 1 heterocycles. The molecule has 0 radical (unpaired) electrons. The molecular weight excluding hydrogens is 288 g/mol. The van der Waals surface area contributed by atoms with Crippen molar-refractivity contribution in [3.8, 4) is 11.1 Å². The largest absolute Gasteiger partial charge is 0.465 e. The second-order valence-corrected chi connectivity index (χ2v) is 4.97. The standard InChI is InChI=1S/C16H11ClN2O2/c17-12-4-5-13(15(9-12)19-16(20)21)10-3-6-14-11(8-10)2-1-7-18-14/h1-9,19H,(H,20,21). The summed E-state index contributed by atoms with van der Waals surface area (Å²) in [5.74, 6) is 0. The topological polar surface area (TPSA) is 62.2 Å².